The van der Waals surface area contributed by atoms with Gasteiger partial charge in [-0.05, 0) is 44.2 Å². The van der Waals surface area contributed by atoms with E-state index in [1.807, 2.05) is 19.1 Å². The van der Waals surface area contributed by atoms with Crippen LogP contribution >= 0.6 is 0 Å². The number of carbonyl (C=O) groups is 1. The van der Waals surface area contributed by atoms with Gasteiger partial charge in [0.15, 0.2) is 0 Å². The Hall–Kier alpha value is -1.51. The summed E-state index contributed by atoms with van der Waals surface area (Å²) in [6.45, 7) is 8.59. The molecule has 2 rings (SSSR count). The average Bonchev–Trinajstić information content (AvgIpc) is 2.36. The molecule has 0 unspecified atom stereocenters. The van der Waals surface area contributed by atoms with Gasteiger partial charge >= 0.3 is 5.97 Å². The van der Waals surface area contributed by atoms with Gasteiger partial charge in [0.2, 0.25) is 0 Å². The molecule has 110 valence electrons. The third-order valence-corrected chi connectivity index (χ3v) is 4.34. The second-order valence-electron chi connectivity index (χ2n) is 6.49. The molecule has 3 heteroatoms. The molecule has 0 radical (unpaired) electrons. The van der Waals surface area contributed by atoms with Crippen LogP contribution in [0.5, 0.6) is 0 Å². The Morgan fingerprint density at radius 2 is 2.10 bits per heavy atom. The Labute approximate surface area is 121 Å². The number of aliphatic carboxylic acids is 1. The standard InChI is InChI=1S/C17H25NO2/c1-5-8-15(16(19)20)18-14-10-7-6-9-13(14)12(2)11-17(18,3)4/h6-7,9-10,12,15H,5,8,11H2,1-4H3,(H,19,20)/t12-,15+/m1/s1. The molecule has 1 aromatic carbocycles. The SMILES string of the molecule is CCC[C@@H](C(=O)O)N1c2ccccc2[C@H](C)CC1(C)C. The summed E-state index contributed by atoms with van der Waals surface area (Å²) in [4.78, 5) is 13.9. The molecule has 0 fully saturated rings. The van der Waals surface area contributed by atoms with E-state index in [1.165, 1.54) is 5.56 Å². The van der Waals surface area contributed by atoms with Crippen molar-refractivity contribution in [1.82, 2.24) is 0 Å². The first-order valence-electron chi connectivity index (χ1n) is 7.49. The first kappa shape index (κ1) is 14.9. The topological polar surface area (TPSA) is 40.5 Å². The molecule has 0 amide bonds. The summed E-state index contributed by atoms with van der Waals surface area (Å²) in [5.41, 5.74) is 2.23. The van der Waals surface area contributed by atoms with Gasteiger partial charge in [0.05, 0.1) is 0 Å². The highest BCUT2D eigenvalue weighted by molar-refractivity contribution is 5.80. The van der Waals surface area contributed by atoms with E-state index in [4.69, 9.17) is 0 Å². The van der Waals surface area contributed by atoms with Crippen LogP contribution in [0.4, 0.5) is 5.69 Å². The van der Waals surface area contributed by atoms with Gasteiger partial charge in [0.25, 0.3) is 0 Å². The van der Waals surface area contributed by atoms with Crippen molar-refractivity contribution in [2.24, 2.45) is 0 Å². The Morgan fingerprint density at radius 3 is 2.70 bits per heavy atom. The Balaban J connectivity index is 2.53. The summed E-state index contributed by atoms with van der Waals surface area (Å²) < 4.78 is 0. The fraction of sp³-hybridized carbons (Fsp3) is 0.588. The lowest BCUT2D eigenvalue weighted by Crippen LogP contribution is -2.56. The third kappa shape index (κ3) is 2.54. The Kier molecular flexibility index (Phi) is 4.07. The highest BCUT2D eigenvalue weighted by Gasteiger charge is 2.41. The molecule has 20 heavy (non-hydrogen) atoms. The molecule has 0 spiro atoms. The predicted octanol–water partition coefficient (Wildman–Crippen LogP) is 4.03. The van der Waals surface area contributed by atoms with Crippen molar-refractivity contribution in [2.75, 3.05) is 4.90 Å². The highest BCUT2D eigenvalue weighted by atomic mass is 16.4. The van der Waals surface area contributed by atoms with Crippen LogP contribution in [-0.4, -0.2) is 22.7 Å². The molecule has 1 heterocycles. The molecule has 1 aliphatic rings. The van der Waals surface area contributed by atoms with E-state index in [-0.39, 0.29) is 5.54 Å². The molecule has 1 N–H and O–H groups in total. The molecule has 0 aromatic heterocycles. The molecule has 1 aliphatic heterocycles. The second kappa shape index (κ2) is 5.47. The number of rotatable bonds is 4. The van der Waals surface area contributed by atoms with Crippen LogP contribution in [0, 0.1) is 0 Å². The maximum atomic E-state index is 11.7. The predicted molar refractivity (Wildman–Crippen MR) is 82.4 cm³/mol. The van der Waals surface area contributed by atoms with Gasteiger partial charge in [-0.25, -0.2) is 4.79 Å². The summed E-state index contributed by atoms with van der Waals surface area (Å²) in [6.07, 6.45) is 2.54. The summed E-state index contributed by atoms with van der Waals surface area (Å²) >= 11 is 0. The van der Waals surface area contributed by atoms with Gasteiger partial charge in [-0.2, -0.15) is 0 Å². The Bertz CT molecular complexity index is 496. The number of nitrogens with zero attached hydrogens (tertiary/aromatic N) is 1. The molecule has 2 atom stereocenters. The first-order valence-corrected chi connectivity index (χ1v) is 7.49. The van der Waals surface area contributed by atoms with E-state index < -0.39 is 12.0 Å². The molecule has 1 aromatic rings. The number of carboxylic acid groups (broad SMARTS) is 1. The smallest absolute Gasteiger partial charge is 0.326 e. The van der Waals surface area contributed by atoms with Gasteiger partial charge in [0.1, 0.15) is 6.04 Å². The lowest BCUT2D eigenvalue weighted by molar-refractivity contribution is -0.139. The summed E-state index contributed by atoms with van der Waals surface area (Å²) in [6, 6.07) is 7.81. The Morgan fingerprint density at radius 1 is 1.45 bits per heavy atom. The van der Waals surface area contributed by atoms with Crippen molar-refractivity contribution < 1.29 is 9.90 Å². The van der Waals surface area contributed by atoms with E-state index in [0.717, 1.165) is 18.5 Å². The average molecular weight is 275 g/mol. The van der Waals surface area contributed by atoms with Crippen LogP contribution in [0.3, 0.4) is 0 Å². The maximum absolute atomic E-state index is 11.7. The summed E-state index contributed by atoms with van der Waals surface area (Å²) in [5, 5.41) is 9.64. The largest absolute Gasteiger partial charge is 0.480 e. The fourth-order valence-electron chi connectivity index (χ4n) is 3.63. The van der Waals surface area contributed by atoms with Crippen LogP contribution in [0.25, 0.3) is 0 Å². The van der Waals surface area contributed by atoms with Crippen molar-refractivity contribution >= 4 is 11.7 Å². The molecule has 3 nitrogen and oxygen atoms in total. The molecule has 0 saturated carbocycles. The lowest BCUT2D eigenvalue weighted by Gasteiger charge is -2.50. The van der Waals surface area contributed by atoms with E-state index in [0.29, 0.717) is 12.3 Å². The molecule has 0 saturated heterocycles. The normalized spacial score (nSPS) is 22.2. The van der Waals surface area contributed by atoms with Crippen molar-refractivity contribution in [1.29, 1.82) is 0 Å². The van der Waals surface area contributed by atoms with Crippen molar-refractivity contribution in [3.63, 3.8) is 0 Å². The zero-order chi connectivity index (χ0) is 14.9. The minimum atomic E-state index is -0.718. The third-order valence-electron chi connectivity index (χ3n) is 4.34. The van der Waals surface area contributed by atoms with Crippen LogP contribution in [0.2, 0.25) is 0 Å². The molecular formula is C17H25NO2. The molecular weight excluding hydrogens is 250 g/mol. The van der Waals surface area contributed by atoms with Crippen LogP contribution in [0.1, 0.15) is 58.4 Å². The lowest BCUT2D eigenvalue weighted by atomic mass is 9.79. The number of hydrogen-bond acceptors (Lipinski definition) is 2. The molecule has 0 aliphatic carbocycles. The number of benzene rings is 1. The van der Waals surface area contributed by atoms with Crippen molar-refractivity contribution in [3.05, 3.63) is 29.8 Å². The van der Waals surface area contributed by atoms with Crippen LogP contribution in [0.15, 0.2) is 24.3 Å². The number of carboxylic acids is 1. The monoisotopic (exact) mass is 275 g/mol. The minimum Gasteiger partial charge on any atom is -0.480 e. The zero-order valence-electron chi connectivity index (χ0n) is 12.9. The van der Waals surface area contributed by atoms with Crippen molar-refractivity contribution in [3.8, 4) is 0 Å². The maximum Gasteiger partial charge on any atom is 0.326 e. The zero-order valence-corrected chi connectivity index (χ0v) is 12.9. The molecule has 0 bridgehead atoms. The highest BCUT2D eigenvalue weighted by Crippen LogP contribution is 2.44. The van der Waals surface area contributed by atoms with Crippen molar-refractivity contribution in [2.45, 2.75) is 64.5 Å². The second-order valence-corrected chi connectivity index (χ2v) is 6.49. The van der Waals surface area contributed by atoms with Gasteiger partial charge < -0.3 is 10.0 Å². The van der Waals surface area contributed by atoms with E-state index >= 15 is 0 Å². The number of anilines is 1. The minimum absolute atomic E-state index is 0.133. The fourth-order valence-corrected chi connectivity index (χ4v) is 3.63. The number of para-hydroxylation sites is 1. The van der Waals surface area contributed by atoms with Gasteiger partial charge in [-0.15, -0.1) is 0 Å². The van der Waals surface area contributed by atoms with Crippen LogP contribution in [-0.2, 0) is 4.79 Å². The van der Waals surface area contributed by atoms with Crippen LogP contribution < -0.4 is 4.90 Å². The van der Waals surface area contributed by atoms with E-state index in [1.54, 1.807) is 0 Å². The van der Waals surface area contributed by atoms with E-state index in [9.17, 15) is 9.90 Å². The van der Waals surface area contributed by atoms with Gasteiger partial charge in [-0.3, -0.25) is 0 Å². The number of hydrogen-bond donors (Lipinski definition) is 1. The van der Waals surface area contributed by atoms with Gasteiger partial charge in [0, 0.05) is 11.2 Å². The summed E-state index contributed by atoms with van der Waals surface area (Å²) in [5.74, 6) is -0.252. The summed E-state index contributed by atoms with van der Waals surface area (Å²) in [7, 11) is 0. The van der Waals surface area contributed by atoms with E-state index in [2.05, 4.69) is 37.8 Å². The first-order chi connectivity index (χ1) is 9.38. The number of fused-ring (bicyclic) bond motifs is 1. The quantitative estimate of drug-likeness (QED) is 0.901. The van der Waals surface area contributed by atoms with Gasteiger partial charge in [-0.1, -0.05) is 38.5 Å².